The highest BCUT2D eigenvalue weighted by molar-refractivity contribution is 5.83. The van der Waals surface area contributed by atoms with Crippen LogP contribution in [-0.2, 0) is 0 Å². The number of allylic oxidation sites excluding steroid dienone is 1. The third-order valence-electron chi connectivity index (χ3n) is 3.87. The molecule has 0 radical (unpaired) electrons. The molecule has 0 N–H and O–H groups in total. The molecule has 0 amide bonds. The van der Waals surface area contributed by atoms with E-state index in [1.165, 1.54) is 5.70 Å². The molecule has 0 saturated carbocycles. The van der Waals surface area contributed by atoms with E-state index in [0.29, 0.717) is 17.2 Å². The number of benzene rings is 1. The molecule has 0 aliphatic rings. The van der Waals surface area contributed by atoms with Gasteiger partial charge in [0.05, 0.1) is 7.11 Å². The summed E-state index contributed by atoms with van der Waals surface area (Å²) in [4.78, 5) is 13.6. The molecule has 1 atom stereocenters. The maximum Gasteiger partial charge on any atom is 0.150 e. The summed E-state index contributed by atoms with van der Waals surface area (Å²) in [5.74, 6) is 1.18. The van der Waals surface area contributed by atoms with Crippen LogP contribution < -0.4 is 4.74 Å². The monoisotopic (exact) mass is 289 g/mol. The Bertz CT molecular complexity index is 494. The molecule has 0 saturated heterocycles. The molecule has 3 heteroatoms. The van der Waals surface area contributed by atoms with E-state index in [1.807, 2.05) is 12.1 Å². The highest BCUT2D eigenvalue weighted by Gasteiger charge is 2.13. The van der Waals surface area contributed by atoms with E-state index < -0.39 is 0 Å². The van der Waals surface area contributed by atoms with Gasteiger partial charge in [-0.25, -0.2) is 0 Å². The Morgan fingerprint density at radius 2 is 2.05 bits per heavy atom. The van der Waals surface area contributed by atoms with Crippen molar-refractivity contribution in [1.82, 2.24) is 4.90 Å². The molecule has 0 heterocycles. The van der Waals surface area contributed by atoms with Gasteiger partial charge in [0.25, 0.3) is 0 Å². The molecule has 1 aromatic rings. The fraction of sp³-hybridized carbons (Fsp3) is 0.500. The lowest BCUT2D eigenvalue weighted by Gasteiger charge is -2.26. The number of carbonyl (C=O) groups excluding carboxylic acids is 1. The van der Waals surface area contributed by atoms with Gasteiger partial charge in [-0.05, 0) is 43.0 Å². The Kier molecular flexibility index (Phi) is 7.00. The lowest BCUT2D eigenvalue weighted by molar-refractivity contribution is 0.112. The first kappa shape index (κ1) is 17.3. The van der Waals surface area contributed by atoms with Crippen LogP contribution in [-0.4, -0.2) is 31.9 Å². The number of carbonyl (C=O) groups is 1. The van der Waals surface area contributed by atoms with Crippen molar-refractivity contribution in [2.75, 3.05) is 20.7 Å². The minimum absolute atomic E-state index is 0.474. The van der Waals surface area contributed by atoms with Gasteiger partial charge in [-0.1, -0.05) is 26.3 Å². The topological polar surface area (TPSA) is 29.5 Å². The first-order valence-electron chi connectivity index (χ1n) is 7.63. The van der Waals surface area contributed by atoms with Crippen molar-refractivity contribution in [3.8, 4) is 5.75 Å². The minimum atomic E-state index is 0.474. The van der Waals surface area contributed by atoms with Crippen molar-refractivity contribution in [3.05, 3.63) is 35.0 Å². The maximum absolute atomic E-state index is 11.3. The summed E-state index contributed by atoms with van der Waals surface area (Å²) in [5.41, 5.74) is 2.89. The van der Waals surface area contributed by atoms with Crippen LogP contribution in [0.3, 0.4) is 0 Å². The number of methoxy groups -OCH3 is 1. The fourth-order valence-corrected chi connectivity index (χ4v) is 2.46. The van der Waals surface area contributed by atoms with Crippen LogP contribution in [0.1, 0.15) is 49.5 Å². The van der Waals surface area contributed by atoms with Crippen molar-refractivity contribution < 1.29 is 9.53 Å². The van der Waals surface area contributed by atoms with E-state index in [0.717, 1.165) is 31.2 Å². The van der Waals surface area contributed by atoms with E-state index in [4.69, 9.17) is 4.74 Å². The normalized spacial score (nSPS) is 12.9. The average Bonchev–Trinajstić information content (AvgIpc) is 2.51. The number of aldehydes is 1. The Hall–Kier alpha value is -1.77. The van der Waals surface area contributed by atoms with Crippen LogP contribution in [0.15, 0.2) is 23.9 Å². The molecule has 0 bridgehead atoms. The van der Waals surface area contributed by atoms with Crippen molar-refractivity contribution in [2.24, 2.45) is 5.92 Å². The van der Waals surface area contributed by atoms with Crippen LogP contribution in [0.5, 0.6) is 5.75 Å². The third-order valence-corrected chi connectivity index (χ3v) is 3.87. The highest BCUT2D eigenvalue weighted by Crippen LogP contribution is 2.25. The number of nitrogens with zero attached hydrogens (tertiary/aromatic N) is 1. The van der Waals surface area contributed by atoms with E-state index in [-0.39, 0.29) is 0 Å². The van der Waals surface area contributed by atoms with Gasteiger partial charge in [0.15, 0.2) is 6.29 Å². The summed E-state index contributed by atoms with van der Waals surface area (Å²) in [6.07, 6.45) is 5.32. The molecule has 116 valence electrons. The molecular weight excluding hydrogens is 262 g/mol. The van der Waals surface area contributed by atoms with Crippen molar-refractivity contribution >= 4 is 12.4 Å². The number of hydrogen-bond acceptors (Lipinski definition) is 3. The zero-order valence-electron chi connectivity index (χ0n) is 13.8. The summed E-state index contributed by atoms with van der Waals surface area (Å²) < 4.78 is 5.18. The Labute approximate surface area is 128 Å². The number of hydrogen-bond donors (Lipinski definition) is 0. The molecule has 0 aliphatic heterocycles. The van der Waals surface area contributed by atoms with Gasteiger partial charge in [-0.2, -0.15) is 0 Å². The van der Waals surface area contributed by atoms with Gasteiger partial charge in [0.1, 0.15) is 5.75 Å². The molecule has 1 unspecified atom stereocenters. The van der Waals surface area contributed by atoms with Crippen molar-refractivity contribution in [1.29, 1.82) is 0 Å². The summed E-state index contributed by atoms with van der Waals surface area (Å²) >= 11 is 0. The second-order valence-corrected chi connectivity index (χ2v) is 5.39. The molecule has 21 heavy (non-hydrogen) atoms. The molecular formula is C18H27NO2. The fourth-order valence-electron chi connectivity index (χ4n) is 2.46. The lowest BCUT2D eigenvalue weighted by Crippen LogP contribution is -2.21. The number of rotatable bonds is 8. The Balaban J connectivity index is 3.23. The standard InChI is InChI=1S/C18H27NO2/c1-6-8-14(3)18(19(4)7-2)12-15-9-10-17(21-5)11-16(15)13-20/h9-14H,6-8H2,1-5H3/b18-12-. The maximum atomic E-state index is 11.3. The van der Waals surface area contributed by atoms with E-state index in [2.05, 4.69) is 38.8 Å². The van der Waals surface area contributed by atoms with Gasteiger partial charge in [0.2, 0.25) is 0 Å². The summed E-state index contributed by atoms with van der Waals surface area (Å²) in [6, 6.07) is 5.63. The highest BCUT2D eigenvalue weighted by atomic mass is 16.5. The summed E-state index contributed by atoms with van der Waals surface area (Å²) in [5, 5.41) is 0. The van der Waals surface area contributed by atoms with Crippen LogP contribution in [0.25, 0.3) is 6.08 Å². The smallest absolute Gasteiger partial charge is 0.150 e. The van der Waals surface area contributed by atoms with Gasteiger partial charge in [-0.15, -0.1) is 0 Å². The Morgan fingerprint density at radius 3 is 2.57 bits per heavy atom. The molecule has 0 aliphatic carbocycles. The molecule has 3 nitrogen and oxygen atoms in total. The first-order valence-corrected chi connectivity index (χ1v) is 7.63. The number of ether oxygens (including phenoxy) is 1. The Morgan fingerprint density at radius 1 is 1.33 bits per heavy atom. The molecule has 0 spiro atoms. The van der Waals surface area contributed by atoms with E-state index >= 15 is 0 Å². The predicted molar refractivity (Wildman–Crippen MR) is 88.7 cm³/mol. The third kappa shape index (κ3) is 4.62. The van der Waals surface area contributed by atoms with Gasteiger partial charge >= 0.3 is 0 Å². The second kappa shape index (κ2) is 8.50. The zero-order valence-corrected chi connectivity index (χ0v) is 13.8. The first-order chi connectivity index (χ1) is 10.1. The molecule has 1 rings (SSSR count). The van der Waals surface area contributed by atoms with E-state index in [9.17, 15) is 4.79 Å². The lowest BCUT2D eigenvalue weighted by atomic mass is 9.97. The van der Waals surface area contributed by atoms with Crippen LogP contribution in [0.4, 0.5) is 0 Å². The van der Waals surface area contributed by atoms with Crippen LogP contribution >= 0.6 is 0 Å². The van der Waals surface area contributed by atoms with Gasteiger partial charge in [-0.3, -0.25) is 4.79 Å². The predicted octanol–water partition coefficient (Wildman–Crippen LogP) is 4.24. The quantitative estimate of drug-likeness (QED) is 0.670. The second-order valence-electron chi connectivity index (χ2n) is 5.39. The molecule has 0 fully saturated rings. The zero-order chi connectivity index (χ0) is 15.8. The minimum Gasteiger partial charge on any atom is -0.497 e. The van der Waals surface area contributed by atoms with Crippen LogP contribution in [0, 0.1) is 5.92 Å². The average molecular weight is 289 g/mol. The molecule has 0 aromatic heterocycles. The molecule has 1 aromatic carbocycles. The van der Waals surface area contributed by atoms with Crippen molar-refractivity contribution in [2.45, 2.75) is 33.6 Å². The summed E-state index contributed by atoms with van der Waals surface area (Å²) in [6.45, 7) is 7.53. The largest absolute Gasteiger partial charge is 0.497 e. The van der Waals surface area contributed by atoms with Crippen LogP contribution in [0.2, 0.25) is 0 Å². The van der Waals surface area contributed by atoms with Gasteiger partial charge in [0, 0.05) is 24.9 Å². The van der Waals surface area contributed by atoms with E-state index in [1.54, 1.807) is 13.2 Å². The van der Waals surface area contributed by atoms with Crippen molar-refractivity contribution in [3.63, 3.8) is 0 Å². The summed E-state index contributed by atoms with van der Waals surface area (Å²) in [7, 11) is 3.71. The SMILES string of the molecule is CCCC(C)/C(=C/c1ccc(OC)cc1C=O)N(C)CC. The van der Waals surface area contributed by atoms with Gasteiger partial charge < -0.3 is 9.64 Å².